The van der Waals surface area contributed by atoms with E-state index >= 15 is 0 Å². The van der Waals surface area contributed by atoms with Gasteiger partial charge >= 0.3 is 0 Å². The Morgan fingerprint density at radius 1 is 0.946 bits per heavy atom. The zero-order valence-corrected chi connectivity index (χ0v) is 23.5. The molecule has 0 aromatic heterocycles. The lowest BCUT2D eigenvalue weighted by atomic mass is 10.0. The smallest absolute Gasteiger partial charge is 0.243 e. The number of carbonyl (C=O) groups excluding carboxylic acids is 2. The molecule has 0 radical (unpaired) electrons. The van der Waals surface area contributed by atoms with Crippen LogP contribution in [0, 0.1) is 6.92 Å². The second kappa shape index (κ2) is 14.8. The van der Waals surface area contributed by atoms with Crippen LogP contribution in [0.4, 0.5) is 0 Å². The molecule has 2 amide bonds. The molecule has 0 fully saturated rings. The number of thioether (sulfide) groups is 1. The van der Waals surface area contributed by atoms with Crippen molar-refractivity contribution in [1.29, 1.82) is 0 Å². The Balaban J connectivity index is 1.78. The number of rotatable bonds is 13. The van der Waals surface area contributed by atoms with Gasteiger partial charge in [-0.05, 0) is 67.8 Å². The third kappa shape index (κ3) is 9.56. The van der Waals surface area contributed by atoms with Crippen molar-refractivity contribution < 1.29 is 9.59 Å². The lowest BCUT2D eigenvalue weighted by Gasteiger charge is -2.32. The first-order valence-corrected chi connectivity index (χ1v) is 14.3. The number of amides is 2. The van der Waals surface area contributed by atoms with Gasteiger partial charge in [-0.3, -0.25) is 9.59 Å². The summed E-state index contributed by atoms with van der Waals surface area (Å²) in [5, 5.41) is 3.84. The number of carbonyl (C=O) groups is 2. The number of aryl methyl sites for hydroxylation is 1. The van der Waals surface area contributed by atoms with Crippen molar-refractivity contribution in [3.63, 3.8) is 0 Å². The molecule has 4 nitrogen and oxygen atoms in total. The molecular weight excluding hydrogens is 500 g/mol. The summed E-state index contributed by atoms with van der Waals surface area (Å²) in [5.74, 6) is 0.709. The maximum atomic E-state index is 13.7. The van der Waals surface area contributed by atoms with E-state index in [0.717, 1.165) is 40.2 Å². The van der Waals surface area contributed by atoms with Gasteiger partial charge in [-0.15, -0.1) is 11.8 Å². The van der Waals surface area contributed by atoms with Gasteiger partial charge in [-0.2, -0.15) is 0 Å². The molecule has 2 unspecified atom stereocenters. The molecule has 0 aliphatic rings. The lowest BCUT2D eigenvalue weighted by molar-refractivity contribution is -0.141. The highest BCUT2D eigenvalue weighted by atomic mass is 35.5. The maximum Gasteiger partial charge on any atom is 0.243 e. The van der Waals surface area contributed by atoms with Gasteiger partial charge in [-0.1, -0.05) is 78.7 Å². The Morgan fingerprint density at radius 3 is 2.27 bits per heavy atom. The van der Waals surface area contributed by atoms with Crippen LogP contribution in [-0.4, -0.2) is 34.6 Å². The van der Waals surface area contributed by atoms with E-state index in [9.17, 15) is 9.59 Å². The van der Waals surface area contributed by atoms with E-state index in [1.165, 1.54) is 0 Å². The van der Waals surface area contributed by atoms with Crippen LogP contribution in [0.5, 0.6) is 0 Å². The molecule has 3 aromatic carbocycles. The van der Waals surface area contributed by atoms with E-state index < -0.39 is 6.04 Å². The Labute approximate surface area is 230 Å². The quantitative estimate of drug-likeness (QED) is 0.188. The molecule has 0 saturated heterocycles. The first-order chi connectivity index (χ1) is 17.9. The molecule has 0 bridgehead atoms. The lowest BCUT2D eigenvalue weighted by Crippen LogP contribution is -2.52. The molecule has 2 atom stereocenters. The van der Waals surface area contributed by atoms with Crippen LogP contribution >= 0.6 is 23.4 Å². The molecular formula is C31H37ClN2O2S. The predicted molar refractivity (Wildman–Crippen MR) is 155 cm³/mol. The van der Waals surface area contributed by atoms with Gasteiger partial charge < -0.3 is 10.2 Å². The Kier molecular flexibility index (Phi) is 11.6. The van der Waals surface area contributed by atoms with E-state index in [2.05, 4.69) is 5.32 Å². The summed E-state index contributed by atoms with van der Waals surface area (Å²) < 4.78 is 0. The number of nitrogens with one attached hydrogen (secondary N) is 1. The summed E-state index contributed by atoms with van der Waals surface area (Å²) >= 11 is 7.69. The molecule has 0 aliphatic carbocycles. The van der Waals surface area contributed by atoms with Crippen LogP contribution in [0.25, 0.3) is 0 Å². The van der Waals surface area contributed by atoms with Gasteiger partial charge in [0, 0.05) is 35.3 Å². The summed E-state index contributed by atoms with van der Waals surface area (Å²) in [6, 6.07) is 25.3. The molecule has 3 aromatic rings. The van der Waals surface area contributed by atoms with Crippen molar-refractivity contribution in [2.45, 2.75) is 70.0 Å². The number of halogens is 1. The standard InChI is InChI=1S/C31H37ClN2O2S/c1-4-24(3)33-31(36)29(21-25-9-6-5-7-10-25)34(22-26-14-12-23(2)13-15-26)30(35)11-8-20-37-28-18-16-27(32)17-19-28/h5-7,9-10,12-19,24,29H,4,8,11,20-22H2,1-3H3,(H,33,36). The molecule has 6 heteroatoms. The fourth-order valence-corrected chi connectivity index (χ4v) is 4.95. The summed E-state index contributed by atoms with van der Waals surface area (Å²) in [6.07, 6.45) is 2.41. The van der Waals surface area contributed by atoms with Gasteiger partial charge in [0.05, 0.1) is 0 Å². The molecule has 3 rings (SSSR count). The normalized spacial score (nSPS) is 12.5. The van der Waals surface area contributed by atoms with Crippen LogP contribution in [0.3, 0.4) is 0 Å². The van der Waals surface area contributed by atoms with E-state index in [4.69, 9.17) is 11.6 Å². The summed E-state index contributed by atoms with van der Waals surface area (Å²) in [6.45, 7) is 6.49. The Hall–Kier alpha value is -2.76. The molecule has 0 saturated carbocycles. The van der Waals surface area contributed by atoms with Crippen LogP contribution < -0.4 is 5.32 Å². The van der Waals surface area contributed by atoms with Crippen molar-refractivity contribution in [2.75, 3.05) is 5.75 Å². The second-order valence-electron chi connectivity index (χ2n) is 9.44. The van der Waals surface area contributed by atoms with Gasteiger partial charge in [0.25, 0.3) is 0 Å². The minimum Gasteiger partial charge on any atom is -0.352 e. The van der Waals surface area contributed by atoms with E-state index in [1.54, 1.807) is 16.7 Å². The topological polar surface area (TPSA) is 49.4 Å². The third-order valence-corrected chi connectivity index (χ3v) is 7.71. The highest BCUT2D eigenvalue weighted by molar-refractivity contribution is 7.99. The van der Waals surface area contributed by atoms with Crippen molar-refractivity contribution in [3.05, 3.63) is 101 Å². The molecule has 196 valence electrons. The van der Waals surface area contributed by atoms with Crippen LogP contribution in [0.2, 0.25) is 5.02 Å². The summed E-state index contributed by atoms with van der Waals surface area (Å²) in [5.41, 5.74) is 3.21. The monoisotopic (exact) mass is 536 g/mol. The number of hydrogen-bond acceptors (Lipinski definition) is 3. The van der Waals surface area contributed by atoms with E-state index in [0.29, 0.717) is 24.4 Å². The van der Waals surface area contributed by atoms with Gasteiger partial charge in [0.15, 0.2) is 0 Å². The fraction of sp³-hybridized carbons (Fsp3) is 0.355. The minimum atomic E-state index is -0.589. The van der Waals surface area contributed by atoms with Crippen LogP contribution in [0.15, 0.2) is 83.8 Å². The predicted octanol–water partition coefficient (Wildman–Crippen LogP) is 7.08. The minimum absolute atomic E-state index is 0.00230. The van der Waals surface area contributed by atoms with Gasteiger partial charge in [-0.25, -0.2) is 0 Å². The van der Waals surface area contributed by atoms with E-state index in [-0.39, 0.29) is 17.9 Å². The van der Waals surface area contributed by atoms with Crippen molar-refractivity contribution in [1.82, 2.24) is 10.2 Å². The Morgan fingerprint density at radius 2 is 1.62 bits per heavy atom. The Bertz CT molecular complexity index is 1120. The van der Waals surface area contributed by atoms with Crippen molar-refractivity contribution >= 4 is 35.2 Å². The summed E-state index contributed by atoms with van der Waals surface area (Å²) in [7, 11) is 0. The average molecular weight is 537 g/mol. The molecule has 0 heterocycles. The average Bonchev–Trinajstić information content (AvgIpc) is 2.91. The highest BCUT2D eigenvalue weighted by Gasteiger charge is 2.30. The summed E-state index contributed by atoms with van der Waals surface area (Å²) in [4.78, 5) is 30.1. The second-order valence-corrected chi connectivity index (χ2v) is 11.0. The zero-order chi connectivity index (χ0) is 26.6. The van der Waals surface area contributed by atoms with Crippen LogP contribution in [-0.2, 0) is 22.6 Å². The molecule has 1 N–H and O–H groups in total. The third-order valence-electron chi connectivity index (χ3n) is 6.36. The maximum absolute atomic E-state index is 13.7. The van der Waals surface area contributed by atoms with Crippen molar-refractivity contribution in [2.24, 2.45) is 0 Å². The number of nitrogens with zero attached hydrogens (tertiary/aromatic N) is 1. The van der Waals surface area contributed by atoms with E-state index in [1.807, 2.05) is 99.6 Å². The van der Waals surface area contributed by atoms with Gasteiger partial charge in [0.1, 0.15) is 6.04 Å². The largest absolute Gasteiger partial charge is 0.352 e. The zero-order valence-electron chi connectivity index (χ0n) is 22.0. The number of benzene rings is 3. The molecule has 0 aliphatic heterocycles. The first kappa shape index (κ1) is 28.8. The SMILES string of the molecule is CCC(C)NC(=O)C(Cc1ccccc1)N(Cc1ccc(C)cc1)C(=O)CCCSc1ccc(Cl)cc1. The fourth-order valence-electron chi connectivity index (χ4n) is 3.97. The van der Waals surface area contributed by atoms with Crippen molar-refractivity contribution in [3.8, 4) is 0 Å². The van der Waals surface area contributed by atoms with Crippen LogP contribution in [0.1, 0.15) is 49.8 Å². The van der Waals surface area contributed by atoms with Gasteiger partial charge in [0.2, 0.25) is 11.8 Å². The number of hydrogen-bond donors (Lipinski definition) is 1. The molecule has 0 spiro atoms. The highest BCUT2D eigenvalue weighted by Crippen LogP contribution is 2.22. The first-order valence-electron chi connectivity index (χ1n) is 12.9. The molecule has 37 heavy (non-hydrogen) atoms.